The van der Waals surface area contributed by atoms with E-state index in [9.17, 15) is 9.18 Å². The van der Waals surface area contributed by atoms with Gasteiger partial charge in [0, 0.05) is 52.9 Å². The summed E-state index contributed by atoms with van der Waals surface area (Å²) >= 11 is 1.74. The summed E-state index contributed by atoms with van der Waals surface area (Å²) in [5.41, 5.74) is 4.13. The number of nitrogens with one attached hydrogen (secondary N) is 2. The molecule has 0 atom stereocenters. The number of aromatic nitrogens is 4. The summed E-state index contributed by atoms with van der Waals surface area (Å²) in [6, 6.07) is 16.5. The third-order valence-corrected chi connectivity index (χ3v) is 8.96. The molecule has 2 aromatic heterocycles. The number of anilines is 3. The first-order chi connectivity index (χ1) is 21.9. The number of hydrogen-bond acceptors (Lipinski definition) is 8. The molecule has 0 radical (unpaired) electrons. The minimum Gasteiger partial charge on any atom is -0.381 e. The Balaban J connectivity index is 1.26. The van der Waals surface area contributed by atoms with Crippen LogP contribution in [-0.2, 0) is 16.1 Å². The fourth-order valence-electron chi connectivity index (χ4n) is 5.30. The Hall–Kier alpha value is -4.32. The van der Waals surface area contributed by atoms with Crippen LogP contribution in [0.25, 0.3) is 21.8 Å². The van der Waals surface area contributed by atoms with Crippen molar-refractivity contribution in [3.8, 4) is 0 Å². The van der Waals surface area contributed by atoms with E-state index in [0.29, 0.717) is 24.8 Å². The van der Waals surface area contributed by atoms with Crippen LogP contribution in [0.1, 0.15) is 18.4 Å². The molecule has 1 fully saturated rings. The van der Waals surface area contributed by atoms with Crippen molar-refractivity contribution in [3.63, 3.8) is 0 Å². The number of nitrogens with zero attached hydrogens (tertiary/aromatic N) is 5. The van der Waals surface area contributed by atoms with Gasteiger partial charge in [-0.15, -0.1) is 11.8 Å². The molecule has 2 N–H and O–H groups in total. The molecule has 5 aromatic rings. The second-order valence-corrected chi connectivity index (χ2v) is 12.5. The number of benzene rings is 3. The lowest BCUT2D eigenvalue weighted by Gasteiger charge is -2.22. The van der Waals surface area contributed by atoms with E-state index in [-0.39, 0.29) is 11.7 Å². The number of thioether (sulfide) groups is 1. The van der Waals surface area contributed by atoms with Crippen LogP contribution < -0.4 is 10.6 Å². The zero-order valence-electron chi connectivity index (χ0n) is 25.4. The number of likely N-dealkylation sites (N-methyl/N-ethyl adjacent to an activating group) is 1. The predicted octanol–water partition coefficient (Wildman–Crippen LogP) is 6.49. The summed E-state index contributed by atoms with van der Waals surface area (Å²) in [5.74, 6) is 1.69. The Morgan fingerprint density at radius 3 is 2.82 bits per heavy atom. The number of ether oxygens (including phenoxy) is 1. The second-order valence-electron chi connectivity index (χ2n) is 11.4. The van der Waals surface area contributed by atoms with Crippen LogP contribution >= 0.6 is 11.8 Å². The summed E-state index contributed by atoms with van der Waals surface area (Å²) in [7, 11) is 3.92. The number of carbonyl (C=O) groups excluding carboxylic acids is 1. The van der Waals surface area contributed by atoms with E-state index in [0.717, 1.165) is 75.4 Å². The molecule has 3 heterocycles. The zero-order chi connectivity index (χ0) is 31.2. The molecule has 232 valence electrons. The minimum absolute atomic E-state index is 0.184. The third kappa shape index (κ3) is 7.86. The maximum absolute atomic E-state index is 13.7. The van der Waals surface area contributed by atoms with Crippen molar-refractivity contribution in [1.29, 1.82) is 0 Å². The highest BCUT2D eigenvalue weighted by molar-refractivity contribution is 7.99. The van der Waals surface area contributed by atoms with Crippen LogP contribution in [0.5, 0.6) is 0 Å². The molecule has 1 aliphatic rings. The number of halogens is 1. The van der Waals surface area contributed by atoms with Gasteiger partial charge in [-0.05, 0) is 80.9 Å². The standard InChI is InChI=1S/C34H36FN7O2S/c1-41(2)12-4-7-33(43)40-30-17-28-29(18-32(30)45-21-23-10-13-44-14-11-23)36-22-37-34(28)39-27-8-9-31-25(16-27)19-38-42(31)20-24-5-3-6-26(35)15-24/h3-9,15-19,22-23H,10-14,20-21H2,1-2H3,(H,40,43)(H,36,37,39). The van der Waals surface area contributed by atoms with E-state index in [1.54, 1.807) is 36.4 Å². The molecule has 11 heteroatoms. The fraction of sp³-hybridized carbons (Fsp3) is 0.294. The molecule has 6 rings (SSSR count). The highest BCUT2D eigenvalue weighted by Crippen LogP contribution is 2.36. The third-order valence-electron chi connectivity index (χ3n) is 7.68. The van der Waals surface area contributed by atoms with Crippen LogP contribution in [-0.4, -0.2) is 70.2 Å². The Morgan fingerprint density at radius 2 is 2.00 bits per heavy atom. The number of amides is 1. The van der Waals surface area contributed by atoms with Crippen molar-refractivity contribution < 1.29 is 13.9 Å². The van der Waals surface area contributed by atoms with Crippen molar-refractivity contribution in [2.75, 3.05) is 50.2 Å². The van der Waals surface area contributed by atoms with Gasteiger partial charge in [0.05, 0.1) is 29.5 Å². The summed E-state index contributed by atoms with van der Waals surface area (Å²) in [6.45, 7) is 2.74. The van der Waals surface area contributed by atoms with Crippen LogP contribution in [0.4, 0.5) is 21.6 Å². The van der Waals surface area contributed by atoms with E-state index in [1.165, 1.54) is 12.1 Å². The summed E-state index contributed by atoms with van der Waals surface area (Å²) < 4.78 is 21.1. The highest BCUT2D eigenvalue weighted by Gasteiger charge is 2.17. The first-order valence-corrected chi connectivity index (χ1v) is 16.0. The van der Waals surface area contributed by atoms with Crippen LogP contribution in [0.2, 0.25) is 0 Å². The van der Waals surface area contributed by atoms with Crippen LogP contribution in [0.3, 0.4) is 0 Å². The highest BCUT2D eigenvalue weighted by atomic mass is 32.2. The van der Waals surface area contributed by atoms with Crippen molar-refractivity contribution in [2.24, 2.45) is 5.92 Å². The zero-order valence-corrected chi connectivity index (χ0v) is 26.2. The largest absolute Gasteiger partial charge is 0.381 e. The van der Waals surface area contributed by atoms with Gasteiger partial charge in [-0.2, -0.15) is 5.10 Å². The lowest BCUT2D eigenvalue weighted by molar-refractivity contribution is -0.111. The van der Waals surface area contributed by atoms with E-state index in [2.05, 4.69) is 25.7 Å². The van der Waals surface area contributed by atoms with E-state index in [4.69, 9.17) is 4.74 Å². The molecule has 3 aromatic carbocycles. The summed E-state index contributed by atoms with van der Waals surface area (Å²) in [4.78, 5) is 25.0. The van der Waals surface area contributed by atoms with Gasteiger partial charge in [0.15, 0.2) is 0 Å². The topological polar surface area (TPSA) is 97.2 Å². The van der Waals surface area contributed by atoms with Crippen molar-refractivity contribution in [3.05, 3.63) is 90.7 Å². The van der Waals surface area contributed by atoms with Gasteiger partial charge in [-0.25, -0.2) is 14.4 Å². The number of rotatable bonds is 11. The molecule has 1 saturated heterocycles. The number of hydrogen-bond donors (Lipinski definition) is 2. The average Bonchev–Trinajstić information content (AvgIpc) is 3.42. The molecule has 0 spiro atoms. The summed E-state index contributed by atoms with van der Waals surface area (Å²) in [5, 5.41) is 12.8. The Bertz CT molecular complexity index is 1830. The van der Waals surface area contributed by atoms with E-state index < -0.39 is 0 Å². The molecule has 0 saturated carbocycles. The molecule has 1 amide bonds. The Kier molecular flexibility index (Phi) is 9.68. The Morgan fingerprint density at radius 1 is 1.13 bits per heavy atom. The monoisotopic (exact) mass is 625 g/mol. The van der Waals surface area contributed by atoms with Crippen molar-refractivity contribution >= 4 is 56.7 Å². The Labute approximate surface area is 265 Å². The lowest BCUT2D eigenvalue weighted by atomic mass is 10.0. The molecule has 0 unspecified atom stereocenters. The molecule has 0 aliphatic carbocycles. The van der Waals surface area contributed by atoms with Gasteiger partial charge in [0.1, 0.15) is 18.0 Å². The van der Waals surface area contributed by atoms with Gasteiger partial charge in [0.25, 0.3) is 0 Å². The predicted molar refractivity (Wildman–Crippen MR) is 179 cm³/mol. The van der Waals surface area contributed by atoms with Gasteiger partial charge >= 0.3 is 0 Å². The second kappa shape index (κ2) is 14.2. The molecular weight excluding hydrogens is 589 g/mol. The van der Waals surface area contributed by atoms with Gasteiger partial charge in [-0.3, -0.25) is 9.48 Å². The van der Waals surface area contributed by atoms with Crippen molar-refractivity contribution in [1.82, 2.24) is 24.6 Å². The normalized spacial score (nSPS) is 14.1. The van der Waals surface area contributed by atoms with Gasteiger partial charge in [0.2, 0.25) is 5.91 Å². The molecule has 45 heavy (non-hydrogen) atoms. The van der Waals surface area contributed by atoms with Crippen molar-refractivity contribution in [2.45, 2.75) is 24.3 Å². The maximum atomic E-state index is 13.7. The lowest BCUT2D eigenvalue weighted by Crippen LogP contribution is -2.17. The molecule has 9 nitrogen and oxygen atoms in total. The van der Waals surface area contributed by atoms with Gasteiger partial charge in [-0.1, -0.05) is 18.2 Å². The van der Waals surface area contributed by atoms with Crippen LogP contribution in [0.15, 0.2) is 84.2 Å². The first-order valence-electron chi connectivity index (χ1n) is 15.0. The van der Waals surface area contributed by atoms with E-state index in [1.807, 2.05) is 66.2 Å². The average molecular weight is 626 g/mol. The number of fused-ring (bicyclic) bond motifs is 2. The quantitative estimate of drug-likeness (QED) is 0.127. The molecule has 1 aliphatic heterocycles. The molecule has 0 bridgehead atoms. The molecular formula is C34H36FN7O2S. The van der Waals surface area contributed by atoms with Gasteiger partial charge < -0.3 is 20.3 Å². The van der Waals surface area contributed by atoms with E-state index >= 15 is 0 Å². The maximum Gasteiger partial charge on any atom is 0.248 e. The smallest absolute Gasteiger partial charge is 0.248 e. The summed E-state index contributed by atoms with van der Waals surface area (Å²) in [6.07, 6.45) is 8.85. The number of carbonyl (C=O) groups is 1. The first kappa shape index (κ1) is 30.7. The minimum atomic E-state index is -0.263. The fourth-order valence-corrected chi connectivity index (χ4v) is 6.51. The SMILES string of the molecule is CN(C)CC=CC(=O)Nc1cc2c(Nc3ccc4c(cnn4Cc4cccc(F)c4)c3)ncnc2cc1SCC1CCOCC1. The van der Waals surface area contributed by atoms with Crippen LogP contribution in [0, 0.1) is 11.7 Å².